The van der Waals surface area contributed by atoms with Gasteiger partial charge in [0, 0.05) is 17.1 Å². The first-order chi connectivity index (χ1) is 8.72. The lowest BCUT2D eigenvalue weighted by Crippen LogP contribution is -2.39. The monoisotopic (exact) mass is 331 g/mol. The molecule has 0 bridgehead atoms. The average molecular weight is 332 g/mol. The van der Waals surface area contributed by atoms with Crippen LogP contribution in [0.4, 0.5) is 0 Å². The van der Waals surface area contributed by atoms with Crippen LogP contribution < -0.4 is 0 Å². The highest BCUT2D eigenvalue weighted by molar-refractivity contribution is 9.10. The molecule has 5 heteroatoms. The Hall–Kier alpha value is -0.230. The van der Waals surface area contributed by atoms with Gasteiger partial charge in [0.2, 0.25) is 0 Å². The number of hydrogen-bond acceptors (Lipinski definition) is 4. The molecule has 0 amide bonds. The largest absolute Gasteiger partial charge is 0.395 e. The van der Waals surface area contributed by atoms with Gasteiger partial charge in [-0.3, -0.25) is 9.69 Å². The van der Waals surface area contributed by atoms with Crippen molar-refractivity contribution in [3.05, 3.63) is 20.8 Å². The molecule has 1 saturated carbocycles. The molecule has 100 valence electrons. The summed E-state index contributed by atoms with van der Waals surface area (Å²) in [5, 5.41) is 11.1. The first-order valence-electron chi connectivity index (χ1n) is 6.33. The SMILES string of the molecule is O=C(CN(CCO)C1CCCC1)c1sccc1Br. The van der Waals surface area contributed by atoms with Gasteiger partial charge >= 0.3 is 0 Å². The molecule has 0 aliphatic heterocycles. The molecule has 0 saturated heterocycles. The van der Waals surface area contributed by atoms with Gasteiger partial charge in [-0.25, -0.2) is 0 Å². The molecule has 2 rings (SSSR count). The van der Waals surface area contributed by atoms with Crippen molar-refractivity contribution in [1.82, 2.24) is 4.90 Å². The highest BCUT2D eigenvalue weighted by Gasteiger charge is 2.25. The molecule has 1 aromatic heterocycles. The van der Waals surface area contributed by atoms with E-state index in [1.54, 1.807) is 0 Å². The van der Waals surface area contributed by atoms with Gasteiger partial charge in [-0.05, 0) is 40.2 Å². The minimum absolute atomic E-state index is 0.120. The van der Waals surface area contributed by atoms with E-state index in [-0.39, 0.29) is 12.4 Å². The Kier molecular flexibility index (Phi) is 5.36. The zero-order valence-electron chi connectivity index (χ0n) is 10.3. The third-order valence-corrected chi connectivity index (χ3v) is 5.32. The number of halogens is 1. The van der Waals surface area contributed by atoms with E-state index in [1.807, 2.05) is 11.4 Å². The van der Waals surface area contributed by atoms with E-state index in [1.165, 1.54) is 24.2 Å². The average Bonchev–Trinajstić information content (AvgIpc) is 2.98. The minimum Gasteiger partial charge on any atom is -0.395 e. The third kappa shape index (κ3) is 3.41. The lowest BCUT2D eigenvalue weighted by Gasteiger charge is -2.27. The number of thiophene rings is 1. The van der Waals surface area contributed by atoms with Crippen molar-refractivity contribution in [2.24, 2.45) is 0 Å². The van der Waals surface area contributed by atoms with Crippen molar-refractivity contribution in [2.75, 3.05) is 19.7 Å². The normalized spacial score (nSPS) is 16.6. The number of rotatable bonds is 6. The topological polar surface area (TPSA) is 40.5 Å². The molecule has 1 aliphatic carbocycles. The fraction of sp³-hybridized carbons (Fsp3) is 0.615. The molecular weight excluding hydrogens is 314 g/mol. The van der Waals surface area contributed by atoms with E-state index in [2.05, 4.69) is 20.8 Å². The Labute approximate surface area is 120 Å². The van der Waals surface area contributed by atoms with Crippen molar-refractivity contribution in [3.63, 3.8) is 0 Å². The van der Waals surface area contributed by atoms with Crippen LogP contribution in [-0.2, 0) is 0 Å². The van der Waals surface area contributed by atoms with Crippen LogP contribution in [0, 0.1) is 0 Å². The van der Waals surface area contributed by atoms with Crippen molar-refractivity contribution >= 4 is 33.0 Å². The molecule has 0 unspecified atom stereocenters. The molecule has 1 aromatic rings. The van der Waals surface area contributed by atoms with Crippen LogP contribution in [-0.4, -0.2) is 41.5 Å². The van der Waals surface area contributed by atoms with Gasteiger partial charge in [0.25, 0.3) is 0 Å². The quantitative estimate of drug-likeness (QED) is 0.815. The van der Waals surface area contributed by atoms with E-state index >= 15 is 0 Å². The van der Waals surface area contributed by atoms with Crippen molar-refractivity contribution in [2.45, 2.75) is 31.7 Å². The number of aliphatic hydroxyl groups is 1. The van der Waals surface area contributed by atoms with Crippen LogP contribution >= 0.6 is 27.3 Å². The lowest BCUT2D eigenvalue weighted by molar-refractivity contribution is 0.0866. The van der Waals surface area contributed by atoms with Crippen LogP contribution in [0.15, 0.2) is 15.9 Å². The summed E-state index contributed by atoms with van der Waals surface area (Å²) in [6.07, 6.45) is 4.78. The number of aliphatic hydroxyl groups excluding tert-OH is 1. The van der Waals surface area contributed by atoms with E-state index in [9.17, 15) is 4.79 Å². The summed E-state index contributed by atoms with van der Waals surface area (Å²) in [6.45, 7) is 1.14. The van der Waals surface area contributed by atoms with Gasteiger partial charge in [0.05, 0.1) is 18.0 Å². The fourth-order valence-corrected chi connectivity index (χ4v) is 4.06. The van der Waals surface area contributed by atoms with E-state index < -0.39 is 0 Å². The first-order valence-corrected chi connectivity index (χ1v) is 8.00. The van der Waals surface area contributed by atoms with Gasteiger partial charge in [-0.15, -0.1) is 11.3 Å². The molecular formula is C13H18BrNO2S. The molecule has 1 N–H and O–H groups in total. The molecule has 1 fully saturated rings. The number of carbonyl (C=O) groups is 1. The number of Topliss-reactive ketones (excluding diaryl/α,β-unsaturated/α-hetero) is 1. The summed E-state index contributed by atoms with van der Waals surface area (Å²) in [5.74, 6) is 0.150. The Bertz CT molecular complexity index is 401. The maximum atomic E-state index is 12.2. The Balaban J connectivity index is 2.00. The number of ketones is 1. The third-order valence-electron chi connectivity index (χ3n) is 3.45. The van der Waals surface area contributed by atoms with Crippen molar-refractivity contribution in [1.29, 1.82) is 0 Å². The van der Waals surface area contributed by atoms with Crippen LogP contribution in [0.25, 0.3) is 0 Å². The van der Waals surface area contributed by atoms with Crippen LogP contribution in [0.3, 0.4) is 0 Å². The summed E-state index contributed by atoms with van der Waals surface area (Å²) in [6, 6.07) is 2.38. The molecule has 0 radical (unpaired) electrons. The predicted molar refractivity (Wildman–Crippen MR) is 77.3 cm³/mol. The molecule has 0 spiro atoms. The number of carbonyl (C=O) groups excluding carboxylic acids is 1. The Morgan fingerprint density at radius 1 is 1.50 bits per heavy atom. The zero-order valence-corrected chi connectivity index (χ0v) is 12.7. The maximum absolute atomic E-state index is 12.2. The summed E-state index contributed by atoms with van der Waals surface area (Å²) in [5.41, 5.74) is 0. The fourth-order valence-electron chi connectivity index (χ4n) is 2.54. The van der Waals surface area contributed by atoms with E-state index in [0.29, 0.717) is 19.1 Å². The molecule has 1 aliphatic rings. The van der Waals surface area contributed by atoms with Gasteiger partial charge in [-0.2, -0.15) is 0 Å². The predicted octanol–water partition coefficient (Wildman–Crippen LogP) is 2.93. The lowest BCUT2D eigenvalue weighted by atomic mass is 10.2. The first kappa shape index (κ1) is 14.2. The number of nitrogens with zero attached hydrogens (tertiary/aromatic N) is 1. The molecule has 3 nitrogen and oxygen atoms in total. The van der Waals surface area contributed by atoms with Crippen LogP contribution in [0.1, 0.15) is 35.4 Å². The summed E-state index contributed by atoms with van der Waals surface area (Å²) in [4.78, 5) is 15.2. The van der Waals surface area contributed by atoms with Gasteiger partial charge < -0.3 is 5.11 Å². The van der Waals surface area contributed by atoms with Gasteiger partial charge in [-0.1, -0.05) is 12.8 Å². The molecule has 18 heavy (non-hydrogen) atoms. The summed E-state index contributed by atoms with van der Waals surface area (Å²) in [7, 11) is 0. The highest BCUT2D eigenvalue weighted by Crippen LogP contribution is 2.26. The number of hydrogen-bond donors (Lipinski definition) is 1. The molecule has 0 aromatic carbocycles. The molecule has 0 atom stereocenters. The molecule has 1 heterocycles. The summed E-state index contributed by atoms with van der Waals surface area (Å²) >= 11 is 4.88. The Morgan fingerprint density at radius 3 is 2.78 bits per heavy atom. The second kappa shape index (κ2) is 6.80. The smallest absolute Gasteiger partial charge is 0.187 e. The minimum atomic E-state index is 0.120. The van der Waals surface area contributed by atoms with Gasteiger partial charge in [0.1, 0.15) is 0 Å². The van der Waals surface area contributed by atoms with Gasteiger partial charge in [0.15, 0.2) is 5.78 Å². The van der Waals surface area contributed by atoms with Crippen LogP contribution in [0.2, 0.25) is 0 Å². The van der Waals surface area contributed by atoms with Crippen molar-refractivity contribution < 1.29 is 9.90 Å². The Morgan fingerprint density at radius 2 is 2.22 bits per heavy atom. The van der Waals surface area contributed by atoms with E-state index in [0.717, 1.165) is 22.2 Å². The van der Waals surface area contributed by atoms with Crippen molar-refractivity contribution in [3.8, 4) is 0 Å². The second-order valence-electron chi connectivity index (χ2n) is 4.65. The van der Waals surface area contributed by atoms with E-state index in [4.69, 9.17) is 5.11 Å². The van der Waals surface area contributed by atoms with Crippen LogP contribution in [0.5, 0.6) is 0 Å². The summed E-state index contributed by atoms with van der Waals surface area (Å²) < 4.78 is 0.882. The standard InChI is InChI=1S/C13H18BrNO2S/c14-11-5-8-18-13(11)12(17)9-15(6-7-16)10-3-1-2-4-10/h5,8,10,16H,1-4,6-7,9H2. The maximum Gasteiger partial charge on any atom is 0.187 e. The zero-order chi connectivity index (χ0) is 13.0. The highest BCUT2D eigenvalue weighted by atomic mass is 79.9. The second-order valence-corrected chi connectivity index (χ2v) is 6.42.